The minimum atomic E-state index is 0.124. The fourth-order valence-corrected chi connectivity index (χ4v) is 1.69. The number of nitrogens with two attached hydrogens (primary N) is 1. The van der Waals surface area contributed by atoms with Crippen molar-refractivity contribution in [3.63, 3.8) is 0 Å². The number of hydrogen-bond donors (Lipinski definition) is 1. The predicted molar refractivity (Wildman–Crippen MR) is 60.0 cm³/mol. The normalized spacial score (nSPS) is 19.3. The third-order valence-corrected chi connectivity index (χ3v) is 2.57. The molecule has 4 heteroatoms. The lowest BCUT2D eigenvalue weighted by atomic mass is 10.1. The number of rotatable bonds is 3. The highest BCUT2D eigenvalue weighted by molar-refractivity contribution is 5.51. The second-order valence-electron chi connectivity index (χ2n) is 3.80. The van der Waals surface area contributed by atoms with E-state index in [-0.39, 0.29) is 6.10 Å². The van der Waals surface area contributed by atoms with Crippen LogP contribution >= 0.6 is 0 Å². The average molecular weight is 218 g/mol. The Bertz CT molecular complexity index is 406. The summed E-state index contributed by atoms with van der Waals surface area (Å²) in [5.41, 5.74) is 7.21. The molecule has 1 aliphatic rings. The van der Waals surface area contributed by atoms with Gasteiger partial charge in [0.2, 0.25) is 0 Å². The topological polar surface area (TPSA) is 68.3 Å². The van der Waals surface area contributed by atoms with Crippen LogP contribution in [0.3, 0.4) is 0 Å². The molecule has 0 amide bonds. The highest BCUT2D eigenvalue weighted by Gasteiger charge is 2.17. The van der Waals surface area contributed by atoms with Gasteiger partial charge in [-0.25, -0.2) is 0 Å². The Morgan fingerprint density at radius 1 is 1.56 bits per heavy atom. The van der Waals surface area contributed by atoms with E-state index in [1.165, 1.54) is 0 Å². The summed E-state index contributed by atoms with van der Waals surface area (Å²) in [5.74, 6) is 0.759. The van der Waals surface area contributed by atoms with Gasteiger partial charge in [0.05, 0.1) is 25.7 Å². The fraction of sp³-hybridized carbons (Fsp3) is 0.417. The number of nitrogen functional groups attached to an aromatic ring is 1. The molecule has 0 aliphatic carbocycles. The Hall–Kier alpha value is -1.73. The highest BCUT2D eigenvalue weighted by atomic mass is 16.5. The monoisotopic (exact) mass is 218 g/mol. The molecule has 0 radical (unpaired) electrons. The maximum Gasteiger partial charge on any atom is 0.124 e. The van der Waals surface area contributed by atoms with Crippen molar-refractivity contribution in [2.75, 3.05) is 18.9 Å². The Labute approximate surface area is 94.6 Å². The Kier molecular flexibility index (Phi) is 3.28. The molecule has 0 bridgehead atoms. The summed E-state index contributed by atoms with van der Waals surface area (Å²) in [6, 6.07) is 7.52. The molecular weight excluding hydrogens is 204 g/mol. The summed E-state index contributed by atoms with van der Waals surface area (Å²) < 4.78 is 11.0. The first-order valence-corrected chi connectivity index (χ1v) is 5.29. The molecule has 1 aromatic rings. The van der Waals surface area contributed by atoms with Crippen LogP contribution in [-0.2, 0) is 11.2 Å². The standard InChI is InChI=1S/C12H14N2O2/c13-5-3-9-7-10(1-2-12(9)14)16-11-4-6-15-8-11/h1-2,7,11H,3-4,6,8,14H2. The number of benzene rings is 1. The maximum absolute atomic E-state index is 8.65. The lowest BCUT2D eigenvalue weighted by molar-refractivity contribution is 0.141. The van der Waals surface area contributed by atoms with Crippen molar-refractivity contribution in [2.24, 2.45) is 0 Å². The number of ether oxygens (including phenoxy) is 2. The van der Waals surface area contributed by atoms with Crippen LogP contribution in [0.1, 0.15) is 12.0 Å². The predicted octanol–water partition coefficient (Wildman–Crippen LogP) is 1.50. The van der Waals surface area contributed by atoms with Gasteiger partial charge in [-0.05, 0) is 23.8 Å². The van der Waals surface area contributed by atoms with Crippen molar-refractivity contribution in [1.29, 1.82) is 5.26 Å². The van der Waals surface area contributed by atoms with Crippen LogP contribution in [0.5, 0.6) is 5.75 Å². The summed E-state index contributed by atoms with van der Waals surface area (Å²) >= 11 is 0. The molecule has 1 aliphatic heterocycles. The number of nitriles is 1. The molecule has 1 atom stereocenters. The van der Waals surface area contributed by atoms with Gasteiger partial charge in [-0.3, -0.25) is 0 Å². The first-order chi connectivity index (χ1) is 7.79. The summed E-state index contributed by atoms with van der Waals surface area (Å²) in [7, 11) is 0. The van der Waals surface area contributed by atoms with E-state index in [0.717, 1.165) is 24.3 Å². The Morgan fingerprint density at radius 3 is 3.12 bits per heavy atom. The molecule has 84 valence electrons. The van der Waals surface area contributed by atoms with Gasteiger partial charge in [0.1, 0.15) is 11.9 Å². The van der Waals surface area contributed by atoms with Crippen molar-refractivity contribution >= 4 is 5.69 Å². The van der Waals surface area contributed by atoms with Gasteiger partial charge in [0.15, 0.2) is 0 Å². The zero-order chi connectivity index (χ0) is 11.4. The van der Waals surface area contributed by atoms with E-state index >= 15 is 0 Å². The molecule has 1 aromatic carbocycles. The van der Waals surface area contributed by atoms with Gasteiger partial charge in [-0.15, -0.1) is 0 Å². The summed E-state index contributed by atoms with van der Waals surface area (Å²) in [6.07, 6.45) is 1.35. The molecule has 16 heavy (non-hydrogen) atoms. The lowest BCUT2D eigenvalue weighted by Crippen LogP contribution is -2.15. The summed E-state index contributed by atoms with van der Waals surface area (Å²) in [5, 5.41) is 8.65. The summed E-state index contributed by atoms with van der Waals surface area (Å²) in [6.45, 7) is 1.39. The summed E-state index contributed by atoms with van der Waals surface area (Å²) in [4.78, 5) is 0. The second-order valence-corrected chi connectivity index (χ2v) is 3.80. The van der Waals surface area contributed by atoms with E-state index in [1.807, 2.05) is 12.1 Å². The number of nitrogens with zero attached hydrogens (tertiary/aromatic N) is 1. The molecule has 0 aromatic heterocycles. The van der Waals surface area contributed by atoms with E-state index in [9.17, 15) is 0 Å². The minimum absolute atomic E-state index is 0.124. The first kappa shape index (κ1) is 10.8. The molecule has 1 unspecified atom stereocenters. The van der Waals surface area contributed by atoms with Crippen LogP contribution in [0.4, 0.5) is 5.69 Å². The van der Waals surface area contributed by atoms with Crippen molar-refractivity contribution in [3.05, 3.63) is 23.8 Å². The van der Waals surface area contributed by atoms with Crippen molar-refractivity contribution in [1.82, 2.24) is 0 Å². The van der Waals surface area contributed by atoms with Gasteiger partial charge in [0, 0.05) is 12.1 Å². The van der Waals surface area contributed by atoms with Gasteiger partial charge in [0.25, 0.3) is 0 Å². The molecule has 0 spiro atoms. The van der Waals surface area contributed by atoms with Crippen molar-refractivity contribution in [2.45, 2.75) is 18.9 Å². The molecule has 1 fully saturated rings. The van der Waals surface area contributed by atoms with Gasteiger partial charge >= 0.3 is 0 Å². The smallest absolute Gasteiger partial charge is 0.124 e. The van der Waals surface area contributed by atoms with Crippen LogP contribution in [0, 0.1) is 11.3 Å². The fourth-order valence-electron chi connectivity index (χ4n) is 1.69. The molecule has 1 heterocycles. The molecule has 0 saturated carbocycles. The Balaban J connectivity index is 2.09. The first-order valence-electron chi connectivity index (χ1n) is 5.29. The van der Waals surface area contributed by atoms with Crippen LogP contribution in [-0.4, -0.2) is 19.3 Å². The van der Waals surface area contributed by atoms with E-state index in [1.54, 1.807) is 6.07 Å². The molecule has 2 rings (SSSR count). The van der Waals surface area contributed by atoms with E-state index in [0.29, 0.717) is 18.7 Å². The van der Waals surface area contributed by atoms with Gasteiger partial charge in [-0.1, -0.05) is 0 Å². The average Bonchev–Trinajstić information content (AvgIpc) is 2.76. The van der Waals surface area contributed by atoms with Crippen LogP contribution < -0.4 is 10.5 Å². The quantitative estimate of drug-likeness (QED) is 0.781. The van der Waals surface area contributed by atoms with Crippen LogP contribution in [0.15, 0.2) is 18.2 Å². The van der Waals surface area contributed by atoms with Crippen LogP contribution in [0.25, 0.3) is 0 Å². The molecule has 2 N–H and O–H groups in total. The molecular formula is C12H14N2O2. The van der Waals surface area contributed by atoms with E-state index in [2.05, 4.69) is 6.07 Å². The lowest BCUT2D eigenvalue weighted by Gasteiger charge is -2.13. The highest BCUT2D eigenvalue weighted by Crippen LogP contribution is 2.22. The third-order valence-electron chi connectivity index (χ3n) is 2.57. The zero-order valence-corrected chi connectivity index (χ0v) is 8.98. The van der Waals surface area contributed by atoms with E-state index in [4.69, 9.17) is 20.5 Å². The van der Waals surface area contributed by atoms with E-state index < -0.39 is 0 Å². The second kappa shape index (κ2) is 4.86. The zero-order valence-electron chi connectivity index (χ0n) is 8.98. The van der Waals surface area contributed by atoms with Gasteiger partial charge < -0.3 is 15.2 Å². The van der Waals surface area contributed by atoms with Crippen molar-refractivity contribution in [3.8, 4) is 11.8 Å². The minimum Gasteiger partial charge on any atom is -0.488 e. The maximum atomic E-state index is 8.65. The van der Waals surface area contributed by atoms with Crippen molar-refractivity contribution < 1.29 is 9.47 Å². The third kappa shape index (κ3) is 2.44. The largest absolute Gasteiger partial charge is 0.488 e. The number of hydrogen-bond acceptors (Lipinski definition) is 4. The molecule has 1 saturated heterocycles. The van der Waals surface area contributed by atoms with Gasteiger partial charge in [-0.2, -0.15) is 5.26 Å². The molecule has 4 nitrogen and oxygen atoms in total. The number of anilines is 1. The Morgan fingerprint density at radius 2 is 2.44 bits per heavy atom. The SMILES string of the molecule is N#CCc1cc(OC2CCOC2)ccc1N. The van der Waals surface area contributed by atoms with Crippen LogP contribution in [0.2, 0.25) is 0 Å².